The molecule has 326 valence electrons. The van der Waals surface area contributed by atoms with Gasteiger partial charge in [0.05, 0.1) is 17.0 Å². The van der Waals surface area contributed by atoms with Gasteiger partial charge in [-0.15, -0.1) is 29.7 Å². The monoisotopic (exact) mass is 1030 g/mol. The van der Waals surface area contributed by atoms with Crippen molar-refractivity contribution in [2.45, 2.75) is 97.8 Å². The van der Waals surface area contributed by atoms with Crippen LogP contribution in [-0.2, 0) is 31.9 Å². The van der Waals surface area contributed by atoms with E-state index < -0.39 is 0 Å². The molecular weight excluding hydrogens is 978 g/mol. The fraction of sp³-hybridized carbons (Fsp3) is 0.259. The molecule has 0 unspecified atom stereocenters. The normalized spacial score (nSPS) is 14.2. The van der Waals surface area contributed by atoms with Crippen molar-refractivity contribution in [3.63, 3.8) is 0 Å². The zero-order valence-electron chi connectivity index (χ0n) is 38.7. The van der Waals surface area contributed by atoms with Crippen LogP contribution in [0.15, 0.2) is 121 Å². The molecule has 0 atom stereocenters. The van der Waals surface area contributed by atoms with Gasteiger partial charge >= 0.3 is 21.1 Å². The minimum atomic E-state index is -0.238. The van der Waals surface area contributed by atoms with Crippen LogP contribution >= 0.6 is 0 Å². The van der Waals surface area contributed by atoms with Crippen LogP contribution in [0.5, 0.6) is 11.5 Å². The standard InChI is InChI=1S/C58H53N5O.Pt/c1-33(2)37-29-44(34(3)4)51(45(30-37)35(5)6)48-27-26-43-41-25-23-39(32-49(41)62(55(43)60-48)50-21-14-15-28-59-50)64-38-22-24-40-42-19-16-20-47-53(42)63-54(58(9,10)57(47,7)8)52(36-17-12-11-13-18-36)61-56(63)46(40)31-38;/h11-30,33-35H,1-10H3;/q-2;+2. The van der Waals surface area contributed by atoms with Crippen LogP contribution in [-0.4, -0.2) is 23.9 Å². The van der Waals surface area contributed by atoms with Gasteiger partial charge in [0.1, 0.15) is 11.5 Å². The van der Waals surface area contributed by atoms with Crippen LogP contribution in [0.4, 0.5) is 0 Å². The van der Waals surface area contributed by atoms with E-state index in [4.69, 9.17) is 19.7 Å². The first-order valence-corrected chi connectivity index (χ1v) is 22.8. The molecule has 0 saturated carbocycles. The predicted molar refractivity (Wildman–Crippen MR) is 264 cm³/mol. The van der Waals surface area contributed by atoms with Gasteiger partial charge in [0.2, 0.25) is 0 Å². The van der Waals surface area contributed by atoms with E-state index in [0.29, 0.717) is 29.3 Å². The molecule has 0 bridgehead atoms. The average Bonchev–Trinajstić information content (AvgIpc) is 3.86. The average molecular weight is 1030 g/mol. The summed E-state index contributed by atoms with van der Waals surface area (Å²) in [5.74, 6) is 3.03. The Morgan fingerprint density at radius 2 is 1.28 bits per heavy atom. The van der Waals surface area contributed by atoms with Gasteiger partial charge in [-0.05, 0) is 69.0 Å². The van der Waals surface area contributed by atoms with Crippen molar-refractivity contribution in [2.24, 2.45) is 0 Å². The molecule has 0 saturated heterocycles. The molecule has 7 heteroatoms. The summed E-state index contributed by atoms with van der Waals surface area (Å²) in [6.45, 7) is 23.2. The van der Waals surface area contributed by atoms with Gasteiger partial charge in [-0.25, -0.2) is 9.97 Å². The first-order valence-electron chi connectivity index (χ1n) is 22.8. The van der Waals surface area contributed by atoms with Crippen LogP contribution in [0.1, 0.15) is 115 Å². The van der Waals surface area contributed by atoms with Gasteiger partial charge in [0, 0.05) is 50.9 Å². The minimum absolute atomic E-state index is 0. The molecule has 0 aliphatic carbocycles. The molecule has 65 heavy (non-hydrogen) atoms. The second kappa shape index (κ2) is 15.5. The quantitative estimate of drug-likeness (QED) is 0.112. The fourth-order valence-electron chi connectivity index (χ4n) is 10.3. The van der Waals surface area contributed by atoms with Crippen LogP contribution in [0.2, 0.25) is 0 Å². The smallest absolute Gasteiger partial charge is 0.503 e. The summed E-state index contributed by atoms with van der Waals surface area (Å²) in [5.41, 5.74) is 14.3. The Morgan fingerprint density at radius 1 is 0.600 bits per heavy atom. The third-order valence-corrected chi connectivity index (χ3v) is 14.4. The molecule has 1 aliphatic rings. The molecule has 0 spiro atoms. The van der Waals surface area contributed by atoms with Gasteiger partial charge < -0.3 is 13.7 Å². The number of hydrogen-bond donors (Lipinski definition) is 0. The van der Waals surface area contributed by atoms with Crippen molar-refractivity contribution in [1.29, 1.82) is 0 Å². The summed E-state index contributed by atoms with van der Waals surface area (Å²) in [6.07, 6.45) is 1.83. The van der Waals surface area contributed by atoms with Crippen LogP contribution < -0.4 is 4.74 Å². The van der Waals surface area contributed by atoms with Gasteiger partial charge in [-0.2, -0.15) is 6.07 Å². The van der Waals surface area contributed by atoms with E-state index in [0.717, 1.165) is 61.1 Å². The maximum Gasteiger partial charge on any atom is 2.00 e. The van der Waals surface area contributed by atoms with E-state index in [9.17, 15) is 0 Å². The number of fused-ring (bicyclic) bond motifs is 6. The molecule has 0 radical (unpaired) electrons. The van der Waals surface area contributed by atoms with Crippen molar-refractivity contribution in [2.75, 3.05) is 0 Å². The predicted octanol–water partition coefficient (Wildman–Crippen LogP) is 15.2. The van der Waals surface area contributed by atoms with E-state index >= 15 is 0 Å². The van der Waals surface area contributed by atoms with E-state index in [1.807, 2.05) is 36.5 Å². The Balaban J connectivity index is 0.00000498. The van der Waals surface area contributed by atoms with Gasteiger partial charge in [0.25, 0.3) is 0 Å². The van der Waals surface area contributed by atoms with E-state index in [1.54, 1.807) is 0 Å². The first kappa shape index (κ1) is 42.8. The number of aromatic nitrogens is 5. The largest absolute Gasteiger partial charge is 2.00 e. The summed E-state index contributed by atoms with van der Waals surface area (Å²) >= 11 is 0. The molecule has 0 fully saturated rings. The van der Waals surface area contributed by atoms with Crippen molar-refractivity contribution in [3.8, 4) is 39.8 Å². The zero-order chi connectivity index (χ0) is 44.4. The van der Waals surface area contributed by atoms with E-state index in [-0.39, 0.29) is 31.9 Å². The second-order valence-electron chi connectivity index (χ2n) is 19.7. The molecule has 5 aromatic carbocycles. The molecule has 0 N–H and O–H groups in total. The van der Waals surface area contributed by atoms with E-state index in [1.165, 1.54) is 44.4 Å². The Kier molecular flexibility index (Phi) is 10.2. The van der Waals surface area contributed by atoms with Gasteiger partial charge in [-0.1, -0.05) is 164 Å². The summed E-state index contributed by atoms with van der Waals surface area (Å²) in [5, 5.41) is 5.26. The number of rotatable bonds is 8. The minimum Gasteiger partial charge on any atom is -0.503 e. The molecule has 6 heterocycles. The van der Waals surface area contributed by atoms with Crippen molar-refractivity contribution < 1.29 is 25.8 Å². The number of pyridine rings is 3. The van der Waals surface area contributed by atoms with E-state index in [2.05, 4.69) is 175 Å². The SMILES string of the molecule is CC(C)c1cc(C(C)C)c(-c2ccc3c4ccc(Oc5[c-]c6c(cc5)c5cccc7c5n5c(c(-c8ccccc8)nc65)C(C)(C)C7(C)C)[c-]c4n(-c4ccccn4)c3n2)c(C(C)C)c1.[Pt+2]. The third-order valence-electron chi connectivity index (χ3n) is 14.4. The number of para-hydroxylation sites is 1. The number of benzene rings is 5. The van der Waals surface area contributed by atoms with Gasteiger partial charge in [-0.3, -0.25) is 4.98 Å². The Bertz CT molecular complexity index is 3480. The topological polar surface area (TPSA) is 57.2 Å². The van der Waals surface area contributed by atoms with Crippen molar-refractivity contribution in [3.05, 3.63) is 162 Å². The van der Waals surface area contributed by atoms with Crippen LogP contribution in [0.3, 0.4) is 0 Å². The number of ether oxygens (including phenoxy) is 1. The molecule has 10 aromatic rings. The summed E-state index contributed by atoms with van der Waals surface area (Å²) < 4.78 is 11.3. The first-order chi connectivity index (χ1) is 30.7. The van der Waals surface area contributed by atoms with Crippen molar-refractivity contribution in [1.82, 2.24) is 23.9 Å². The Hall–Kier alpha value is -6.10. The third kappa shape index (κ3) is 6.42. The Morgan fingerprint density at radius 3 is 1.95 bits per heavy atom. The number of imidazole rings is 1. The molecule has 1 aliphatic heterocycles. The number of nitrogens with zero attached hydrogens (tertiary/aromatic N) is 5. The maximum atomic E-state index is 6.78. The summed E-state index contributed by atoms with van der Waals surface area (Å²) in [4.78, 5) is 15.9. The molecule has 6 nitrogen and oxygen atoms in total. The zero-order valence-corrected chi connectivity index (χ0v) is 41.0. The molecule has 5 aromatic heterocycles. The number of hydrogen-bond acceptors (Lipinski definition) is 4. The van der Waals surface area contributed by atoms with Crippen LogP contribution in [0.25, 0.3) is 77.6 Å². The second-order valence-corrected chi connectivity index (χ2v) is 19.7. The molecular formula is C58H53N5OPt. The van der Waals surface area contributed by atoms with Crippen LogP contribution in [0, 0.1) is 12.1 Å². The maximum absolute atomic E-state index is 6.78. The molecule has 11 rings (SSSR count). The summed E-state index contributed by atoms with van der Waals surface area (Å²) in [6, 6.07) is 48.2. The molecule has 0 amide bonds. The Labute approximate surface area is 396 Å². The summed E-state index contributed by atoms with van der Waals surface area (Å²) in [7, 11) is 0. The van der Waals surface area contributed by atoms with Crippen molar-refractivity contribution >= 4 is 49.3 Å². The fourth-order valence-corrected chi connectivity index (χ4v) is 10.3. The van der Waals surface area contributed by atoms with Gasteiger partial charge in [0.15, 0.2) is 0 Å².